The Kier molecular flexibility index (Phi) is 6.69. The predicted molar refractivity (Wildman–Crippen MR) is 88.7 cm³/mol. The summed E-state index contributed by atoms with van der Waals surface area (Å²) in [6.07, 6.45) is 12.1. The van der Waals surface area contributed by atoms with Gasteiger partial charge in [-0.3, -0.25) is 0 Å². The molecule has 3 heteroatoms. The molecule has 1 saturated carbocycles. The van der Waals surface area contributed by atoms with Crippen LogP contribution < -0.4 is 9.47 Å². The normalized spacial score (nSPS) is 16.0. The largest absolute Gasteiger partial charge is 0.496 e. The van der Waals surface area contributed by atoms with Crippen molar-refractivity contribution in [3.05, 3.63) is 22.7 Å². The van der Waals surface area contributed by atoms with Gasteiger partial charge in [-0.25, -0.2) is 0 Å². The molecule has 1 aliphatic carbocycles. The Hall–Kier alpha value is -0.890. The molecular formula is C18H27ClO2. The van der Waals surface area contributed by atoms with E-state index in [9.17, 15) is 0 Å². The quantitative estimate of drug-likeness (QED) is 0.606. The van der Waals surface area contributed by atoms with Crippen LogP contribution >= 0.6 is 11.6 Å². The summed E-state index contributed by atoms with van der Waals surface area (Å²) in [5, 5.41) is 0.611. The van der Waals surface area contributed by atoms with Crippen molar-refractivity contribution in [2.24, 2.45) is 5.92 Å². The second kappa shape index (κ2) is 8.53. The third-order valence-corrected chi connectivity index (χ3v) is 4.88. The number of halogens is 1. The molecule has 1 aromatic rings. The maximum absolute atomic E-state index is 6.14. The molecule has 0 aliphatic heterocycles. The van der Waals surface area contributed by atoms with Crippen molar-refractivity contribution in [1.29, 1.82) is 0 Å². The monoisotopic (exact) mass is 310 g/mol. The number of ether oxygens (including phenoxy) is 2. The topological polar surface area (TPSA) is 18.5 Å². The molecule has 0 aromatic heterocycles. The molecule has 118 valence electrons. The van der Waals surface area contributed by atoms with Crippen molar-refractivity contribution in [1.82, 2.24) is 0 Å². The van der Waals surface area contributed by atoms with Crippen molar-refractivity contribution in [2.75, 3.05) is 14.2 Å². The van der Waals surface area contributed by atoms with Gasteiger partial charge in [-0.15, -0.1) is 0 Å². The van der Waals surface area contributed by atoms with Gasteiger partial charge in [-0.2, -0.15) is 0 Å². The lowest BCUT2D eigenvalue weighted by Gasteiger charge is -2.21. The van der Waals surface area contributed by atoms with Gasteiger partial charge in [-0.05, 0) is 30.4 Å². The lowest BCUT2D eigenvalue weighted by Crippen LogP contribution is -2.06. The van der Waals surface area contributed by atoms with Crippen LogP contribution in [0.5, 0.6) is 11.5 Å². The van der Waals surface area contributed by atoms with Crippen LogP contribution in [0.1, 0.15) is 56.9 Å². The second-order valence-corrected chi connectivity index (χ2v) is 6.46. The Morgan fingerprint density at radius 2 is 1.71 bits per heavy atom. The van der Waals surface area contributed by atoms with E-state index in [0.29, 0.717) is 5.02 Å². The van der Waals surface area contributed by atoms with Gasteiger partial charge in [0, 0.05) is 6.07 Å². The first-order valence-electron chi connectivity index (χ1n) is 8.15. The third kappa shape index (κ3) is 4.81. The van der Waals surface area contributed by atoms with Gasteiger partial charge < -0.3 is 9.47 Å². The maximum atomic E-state index is 6.14. The van der Waals surface area contributed by atoms with Crippen molar-refractivity contribution >= 4 is 11.6 Å². The number of benzene rings is 1. The summed E-state index contributed by atoms with van der Waals surface area (Å²) in [5.41, 5.74) is 1.20. The maximum Gasteiger partial charge on any atom is 0.137 e. The first kappa shape index (κ1) is 16.5. The van der Waals surface area contributed by atoms with Crippen LogP contribution in [0.4, 0.5) is 0 Å². The molecular weight excluding hydrogens is 284 g/mol. The highest BCUT2D eigenvalue weighted by Gasteiger charge is 2.13. The smallest absolute Gasteiger partial charge is 0.137 e. The number of rotatable bonds is 7. The van der Waals surface area contributed by atoms with Crippen LogP contribution in [-0.4, -0.2) is 14.2 Å². The summed E-state index contributed by atoms with van der Waals surface area (Å²) in [6.45, 7) is 0. The lowest BCUT2D eigenvalue weighted by atomic mass is 9.85. The molecule has 2 rings (SSSR count). The zero-order valence-electron chi connectivity index (χ0n) is 13.3. The minimum absolute atomic E-state index is 0.611. The SMILES string of the molecule is COc1cc(CCCCC2CCCCC2)c(OC)cc1Cl. The van der Waals surface area contributed by atoms with Gasteiger partial charge in [0.25, 0.3) is 0 Å². The van der Waals surface area contributed by atoms with Crippen molar-refractivity contribution in [2.45, 2.75) is 57.8 Å². The molecule has 0 amide bonds. The summed E-state index contributed by atoms with van der Waals surface area (Å²) in [7, 11) is 3.35. The molecule has 0 radical (unpaired) electrons. The van der Waals surface area contributed by atoms with E-state index in [1.807, 2.05) is 12.1 Å². The molecule has 0 saturated heterocycles. The van der Waals surface area contributed by atoms with Crippen LogP contribution in [0.15, 0.2) is 12.1 Å². The average Bonchev–Trinajstić information content (AvgIpc) is 2.53. The van der Waals surface area contributed by atoms with E-state index < -0.39 is 0 Å². The van der Waals surface area contributed by atoms with Crippen molar-refractivity contribution < 1.29 is 9.47 Å². The van der Waals surface area contributed by atoms with Gasteiger partial charge in [0.05, 0.1) is 19.2 Å². The van der Waals surface area contributed by atoms with Gasteiger partial charge in [0.2, 0.25) is 0 Å². The summed E-state index contributed by atoms with van der Waals surface area (Å²) < 4.78 is 10.7. The fourth-order valence-corrected chi connectivity index (χ4v) is 3.57. The standard InChI is InChI=1S/C18H27ClO2/c1-20-17-13-16(19)18(21-2)12-15(17)11-7-6-10-14-8-4-3-5-9-14/h12-14H,3-11H2,1-2H3. The average molecular weight is 311 g/mol. The zero-order valence-corrected chi connectivity index (χ0v) is 14.0. The summed E-state index contributed by atoms with van der Waals surface area (Å²) in [5.74, 6) is 2.58. The number of methoxy groups -OCH3 is 2. The third-order valence-electron chi connectivity index (χ3n) is 4.59. The van der Waals surface area contributed by atoms with Gasteiger partial charge >= 0.3 is 0 Å². The summed E-state index contributed by atoms with van der Waals surface area (Å²) in [6, 6.07) is 3.87. The molecule has 0 atom stereocenters. The van der Waals surface area contributed by atoms with Crippen LogP contribution in [-0.2, 0) is 6.42 Å². The molecule has 0 unspecified atom stereocenters. The summed E-state index contributed by atoms with van der Waals surface area (Å²) >= 11 is 6.14. The minimum Gasteiger partial charge on any atom is -0.496 e. The fourth-order valence-electron chi connectivity index (χ4n) is 3.34. The number of hydrogen-bond acceptors (Lipinski definition) is 2. The van der Waals surface area contributed by atoms with Crippen LogP contribution in [0.3, 0.4) is 0 Å². The highest BCUT2D eigenvalue weighted by Crippen LogP contribution is 2.34. The predicted octanol–water partition coefficient (Wildman–Crippen LogP) is 5.65. The van der Waals surface area contributed by atoms with Crippen molar-refractivity contribution in [3.8, 4) is 11.5 Å². The van der Waals surface area contributed by atoms with Crippen LogP contribution in [0, 0.1) is 5.92 Å². The van der Waals surface area contributed by atoms with Gasteiger partial charge in [0.15, 0.2) is 0 Å². The van der Waals surface area contributed by atoms with Gasteiger partial charge in [0.1, 0.15) is 11.5 Å². The Balaban J connectivity index is 1.84. The van der Waals surface area contributed by atoms with E-state index in [1.54, 1.807) is 14.2 Å². The van der Waals surface area contributed by atoms with E-state index in [0.717, 1.165) is 23.8 Å². The van der Waals surface area contributed by atoms with Gasteiger partial charge in [-0.1, -0.05) is 56.5 Å². The van der Waals surface area contributed by atoms with E-state index in [2.05, 4.69) is 0 Å². The highest BCUT2D eigenvalue weighted by molar-refractivity contribution is 6.32. The Bertz CT molecular complexity index is 439. The molecule has 1 aliphatic rings. The lowest BCUT2D eigenvalue weighted by molar-refractivity contribution is 0.329. The minimum atomic E-state index is 0.611. The van der Waals surface area contributed by atoms with E-state index in [-0.39, 0.29) is 0 Å². The molecule has 1 aromatic carbocycles. The molecule has 1 fully saturated rings. The number of hydrogen-bond donors (Lipinski definition) is 0. The second-order valence-electron chi connectivity index (χ2n) is 6.05. The van der Waals surface area contributed by atoms with Crippen LogP contribution in [0.2, 0.25) is 5.02 Å². The van der Waals surface area contributed by atoms with Crippen molar-refractivity contribution in [3.63, 3.8) is 0 Å². The van der Waals surface area contributed by atoms with E-state index in [4.69, 9.17) is 21.1 Å². The molecule has 0 N–H and O–H groups in total. The molecule has 0 heterocycles. The molecule has 21 heavy (non-hydrogen) atoms. The van der Waals surface area contributed by atoms with E-state index >= 15 is 0 Å². The van der Waals surface area contributed by atoms with E-state index in [1.165, 1.54) is 56.9 Å². The fraction of sp³-hybridized carbons (Fsp3) is 0.667. The Labute approximate surface area is 133 Å². The number of aryl methyl sites for hydroxylation is 1. The first-order valence-corrected chi connectivity index (χ1v) is 8.52. The highest BCUT2D eigenvalue weighted by atomic mass is 35.5. The first-order chi connectivity index (χ1) is 10.2. The number of unbranched alkanes of at least 4 members (excludes halogenated alkanes) is 1. The Morgan fingerprint density at radius 1 is 1.00 bits per heavy atom. The molecule has 0 spiro atoms. The summed E-state index contributed by atoms with van der Waals surface area (Å²) in [4.78, 5) is 0. The Morgan fingerprint density at radius 3 is 2.38 bits per heavy atom. The zero-order chi connectivity index (χ0) is 15.1. The molecule has 0 bridgehead atoms. The molecule has 2 nitrogen and oxygen atoms in total. The van der Waals surface area contributed by atoms with Crippen LogP contribution in [0.25, 0.3) is 0 Å².